The average Bonchev–Trinajstić information content (AvgIpc) is 2.79. The number of nitrogens with one attached hydrogen (secondary N) is 2. The highest BCUT2D eigenvalue weighted by Gasteiger charge is 2.30. The molecule has 0 bridgehead atoms. The number of carbonyl (C=O) groups is 2. The second kappa shape index (κ2) is 12.4. The van der Waals surface area contributed by atoms with Crippen molar-refractivity contribution >= 4 is 11.8 Å². The molecule has 0 aliphatic rings. The molecule has 31 heavy (non-hydrogen) atoms. The highest BCUT2D eigenvalue weighted by Crippen LogP contribution is 2.31. The van der Waals surface area contributed by atoms with Gasteiger partial charge in [0.15, 0.2) is 0 Å². The van der Waals surface area contributed by atoms with Gasteiger partial charge in [-0.25, -0.2) is 0 Å². The minimum absolute atomic E-state index is 0.00339. The molecule has 4 nitrogen and oxygen atoms in total. The molecule has 2 aromatic carbocycles. The van der Waals surface area contributed by atoms with Crippen molar-refractivity contribution in [2.75, 3.05) is 6.54 Å². The zero-order valence-corrected chi connectivity index (χ0v) is 19.7. The quantitative estimate of drug-likeness (QED) is 0.501. The van der Waals surface area contributed by atoms with E-state index in [1.54, 1.807) is 0 Å². The molecule has 2 aromatic rings. The maximum Gasteiger partial charge on any atom is 0.238 e. The largest absolute Gasteiger partial charge is 0.313 e. The molecule has 0 spiro atoms. The Bertz CT molecular complexity index is 825. The van der Waals surface area contributed by atoms with E-state index in [2.05, 4.69) is 49.6 Å². The molecule has 0 saturated heterocycles. The first-order valence-corrected chi connectivity index (χ1v) is 11.7. The Hall–Kier alpha value is -2.46. The fourth-order valence-corrected chi connectivity index (χ4v) is 3.97. The molecule has 0 aliphatic carbocycles. The highest BCUT2D eigenvalue weighted by molar-refractivity contribution is 6.01. The van der Waals surface area contributed by atoms with Gasteiger partial charge in [-0.05, 0) is 55.0 Å². The van der Waals surface area contributed by atoms with Crippen LogP contribution >= 0.6 is 0 Å². The first kappa shape index (κ1) is 24.8. The smallest absolute Gasteiger partial charge is 0.238 e. The lowest BCUT2D eigenvalue weighted by Crippen LogP contribution is -2.45. The normalized spacial score (nSPS) is 14.0. The van der Waals surface area contributed by atoms with Crippen molar-refractivity contribution in [3.05, 3.63) is 70.8 Å². The average molecular weight is 423 g/mol. The Morgan fingerprint density at radius 1 is 0.839 bits per heavy atom. The van der Waals surface area contributed by atoms with Gasteiger partial charge >= 0.3 is 0 Å². The van der Waals surface area contributed by atoms with Gasteiger partial charge in [0, 0.05) is 6.04 Å². The summed E-state index contributed by atoms with van der Waals surface area (Å²) in [5, 5.41) is 6.13. The molecular weight excluding hydrogens is 384 g/mol. The second-order valence-corrected chi connectivity index (χ2v) is 8.28. The minimum atomic E-state index is -0.508. The highest BCUT2D eigenvalue weighted by atomic mass is 16.2. The van der Waals surface area contributed by atoms with E-state index in [0.717, 1.165) is 54.5 Å². The molecule has 0 saturated carbocycles. The van der Waals surface area contributed by atoms with E-state index in [-0.39, 0.29) is 23.8 Å². The lowest BCUT2D eigenvalue weighted by molar-refractivity contribution is -0.133. The fourth-order valence-electron chi connectivity index (χ4n) is 3.97. The maximum atomic E-state index is 13.5. The van der Waals surface area contributed by atoms with Crippen molar-refractivity contribution in [2.45, 2.75) is 72.3 Å². The minimum Gasteiger partial charge on any atom is -0.313 e. The maximum absolute atomic E-state index is 13.5. The number of carbonyl (C=O) groups excluding carboxylic acids is 2. The van der Waals surface area contributed by atoms with E-state index in [1.165, 1.54) is 0 Å². The van der Waals surface area contributed by atoms with Crippen LogP contribution in [0.4, 0.5) is 0 Å². The summed E-state index contributed by atoms with van der Waals surface area (Å²) in [6.07, 6.45) is 3.85. The summed E-state index contributed by atoms with van der Waals surface area (Å²) in [6.45, 7) is 11.1. The third-order valence-electron chi connectivity index (χ3n) is 6.14. The molecule has 0 fully saturated rings. The van der Waals surface area contributed by atoms with Gasteiger partial charge in [0.2, 0.25) is 11.8 Å². The van der Waals surface area contributed by atoms with Crippen LogP contribution in [0.15, 0.2) is 48.5 Å². The summed E-state index contributed by atoms with van der Waals surface area (Å²) in [4.78, 5) is 26.5. The van der Waals surface area contributed by atoms with Crippen LogP contribution in [-0.2, 0) is 22.4 Å². The molecule has 2 rings (SSSR count). The topological polar surface area (TPSA) is 58.2 Å². The standard InChI is InChI=1S/C27H38N2O2/c1-6-9-18-28-20(5)19(4)26(30)29-27(31)25(23-14-11-10-12-15-23)24-21(7-2)16-13-17-22(24)8-3/h10-17,19-20,25,28H,6-9,18H2,1-5H3,(H,29,30,31). The summed E-state index contributed by atoms with van der Waals surface area (Å²) >= 11 is 0. The van der Waals surface area contributed by atoms with Gasteiger partial charge in [0.1, 0.15) is 0 Å². The molecule has 4 heteroatoms. The van der Waals surface area contributed by atoms with Crippen molar-refractivity contribution in [3.63, 3.8) is 0 Å². The van der Waals surface area contributed by atoms with E-state index in [9.17, 15) is 9.59 Å². The van der Waals surface area contributed by atoms with Gasteiger partial charge in [-0.3, -0.25) is 14.9 Å². The molecule has 0 heterocycles. The molecule has 0 aromatic heterocycles. The lowest BCUT2D eigenvalue weighted by atomic mass is 9.82. The van der Waals surface area contributed by atoms with Gasteiger partial charge in [-0.15, -0.1) is 0 Å². The lowest BCUT2D eigenvalue weighted by Gasteiger charge is -2.25. The van der Waals surface area contributed by atoms with Crippen molar-refractivity contribution in [2.24, 2.45) is 5.92 Å². The molecule has 3 unspecified atom stereocenters. The van der Waals surface area contributed by atoms with Crippen LogP contribution in [0.1, 0.15) is 75.6 Å². The number of aryl methyl sites for hydroxylation is 2. The molecule has 3 atom stereocenters. The Balaban J connectivity index is 2.33. The van der Waals surface area contributed by atoms with Crippen LogP contribution in [0, 0.1) is 5.92 Å². The summed E-state index contributed by atoms with van der Waals surface area (Å²) in [7, 11) is 0. The first-order chi connectivity index (χ1) is 14.9. The van der Waals surface area contributed by atoms with E-state index in [1.807, 2.05) is 44.2 Å². The number of imide groups is 1. The van der Waals surface area contributed by atoms with Crippen LogP contribution < -0.4 is 10.6 Å². The predicted octanol–water partition coefficient (Wildman–Crippen LogP) is 5.00. The number of amides is 2. The summed E-state index contributed by atoms with van der Waals surface area (Å²) in [5.74, 6) is -1.29. The van der Waals surface area contributed by atoms with Crippen molar-refractivity contribution in [1.82, 2.24) is 10.6 Å². The third-order valence-corrected chi connectivity index (χ3v) is 6.14. The van der Waals surface area contributed by atoms with Crippen LogP contribution in [0.5, 0.6) is 0 Å². The van der Waals surface area contributed by atoms with Gasteiger partial charge < -0.3 is 5.32 Å². The molecule has 168 valence electrons. The summed E-state index contributed by atoms with van der Waals surface area (Å²) in [5.41, 5.74) is 4.24. The Morgan fingerprint density at radius 3 is 2.00 bits per heavy atom. The molecule has 2 amide bonds. The van der Waals surface area contributed by atoms with E-state index >= 15 is 0 Å². The van der Waals surface area contributed by atoms with Crippen LogP contribution in [0.2, 0.25) is 0 Å². The van der Waals surface area contributed by atoms with E-state index in [0.29, 0.717) is 0 Å². The Morgan fingerprint density at radius 2 is 1.45 bits per heavy atom. The number of hydrogen-bond donors (Lipinski definition) is 2. The van der Waals surface area contributed by atoms with Crippen LogP contribution in [0.25, 0.3) is 0 Å². The van der Waals surface area contributed by atoms with Crippen molar-refractivity contribution < 1.29 is 9.59 Å². The molecule has 0 radical (unpaired) electrons. The second-order valence-electron chi connectivity index (χ2n) is 8.28. The summed E-state index contributed by atoms with van der Waals surface area (Å²) < 4.78 is 0. The zero-order chi connectivity index (χ0) is 22.8. The molecule has 2 N–H and O–H groups in total. The van der Waals surface area contributed by atoms with E-state index in [4.69, 9.17) is 0 Å². The molecular formula is C27H38N2O2. The van der Waals surface area contributed by atoms with Crippen molar-refractivity contribution in [3.8, 4) is 0 Å². The zero-order valence-electron chi connectivity index (χ0n) is 19.7. The monoisotopic (exact) mass is 422 g/mol. The van der Waals surface area contributed by atoms with Crippen LogP contribution in [0.3, 0.4) is 0 Å². The van der Waals surface area contributed by atoms with Gasteiger partial charge in [-0.2, -0.15) is 0 Å². The van der Waals surface area contributed by atoms with Gasteiger partial charge in [0.25, 0.3) is 0 Å². The van der Waals surface area contributed by atoms with Crippen molar-refractivity contribution in [1.29, 1.82) is 0 Å². The number of hydrogen-bond acceptors (Lipinski definition) is 3. The fraction of sp³-hybridized carbons (Fsp3) is 0.481. The number of benzene rings is 2. The SMILES string of the molecule is CCCCNC(C)C(C)C(=O)NC(=O)C(c1ccccc1)c1c(CC)cccc1CC. The first-order valence-electron chi connectivity index (χ1n) is 11.7. The van der Waals surface area contributed by atoms with Crippen LogP contribution in [-0.4, -0.2) is 24.4 Å². The van der Waals surface area contributed by atoms with Gasteiger partial charge in [-0.1, -0.05) is 82.6 Å². The Labute approximate surface area is 187 Å². The number of unbranched alkanes of at least 4 members (excludes halogenated alkanes) is 1. The third kappa shape index (κ3) is 6.51. The summed E-state index contributed by atoms with van der Waals surface area (Å²) in [6, 6.07) is 16.0. The predicted molar refractivity (Wildman–Crippen MR) is 128 cm³/mol. The molecule has 0 aliphatic heterocycles. The number of rotatable bonds is 11. The van der Waals surface area contributed by atoms with E-state index < -0.39 is 5.92 Å². The van der Waals surface area contributed by atoms with Gasteiger partial charge in [0.05, 0.1) is 11.8 Å². The Kier molecular flexibility index (Phi) is 9.93.